The summed E-state index contributed by atoms with van der Waals surface area (Å²) in [5.41, 5.74) is 2.92. The molecule has 1 fully saturated rings. The number of nitrogens with one attached hydrogen (secondary N) is 1. The minimum Gasteiger partial charge on any atom is -0.313 e. The SMILES string of the molecule is CCc1ccc(C2CNC2C)cc1. The molecular weight excluding hydrogens is 158 g/mol. The normalized spacial score (nSPS) is 26.9. The van der Waals surface area contributed by atoms with Crippen LogP contribution in [0.25, 0.3) is 0 Å². The minimum atomic E-state index is 0.660. The summed E-state index contributed by atoms with van der Waals surface area (Å²) >= 11 is 0. The number of hydrogen-bond donors (Lipinski definition) is 1. The first-order chi connectivity index (χ1) is 6.31. The molecule has 0 bridgehead atoms. The van der Waals surface area contributed by atoms with Gasteiger partial charge in [-0.15, -0.1) is 0 Å². The zero-order chi connectivity index (χ0) is 9.26. The molecule has 1 N–H and O–H groups in total. The molecule has 0 aliphatic carbocycles. The smallest absolute Gasteiger partial charge is 0.0120 e. The lowest BCUT2D eigenvalue weighted by atomic mass is 9.86. The predicted octanol–water partition coefficient (Wildman–Crippen LogP) is 2.32. The molecule has 1 nitrogen and oxygen atoms in total. The maximum Gasteiger partial charge on any atom is 0.0120 e. The maximum absolute atomic E-state index is 3.39. The van der Waals surface area contributed by atoms with Crippen LogP contribution in [0.15, 0.2) is 24.3 Å². The number of hydrogen-bond acceptors (Lipinski definition) is 1. The average Bonchev–Trinajstić information content (AvgIpc) is 2.17. The second-order valence-electron chi connectivity index (χ2n) is 3.90. The zero-order valence-corrected chi connectivity index (χ0v) is 8.38. The first-order valence-corrected chi connectivity index (χ1v) is 5.13. The van der Waals surface area contributed by atoms with Crippen molar-refractivity contribution in [3.05, 3.63) is 35.4 Å². The third-order valence-corrected chi connectivity index (χ3v) is 3.08. The van der Waals surface area contributed by atoms with Crippen LogP contribution in [0.3, 0.4) is 0 Å². The molecular formula is C12H17N. The molecule has 1 aliphatic rings. The van der Waals surface area contributed by atoms with Gasteiger partial charge in [0.15, 0.2) is 0 Å². The van der Waals surface area contributed by atoms with Gasteiger partial charge in [-0.05, 0) is 24.5 Å². The van der Waals surface area contributed by atoms with E-state index in [0.717, 1.165) is 18.9 Å². The van der Waals surface area contributed by atoms with Crippen LogP contribution in [-0.2, 0) is 6.42 Å². The first-order valence-electron chi connectivity index (χ1n) is 5.13. The molecule has 1 aromatic carbocycles. The molecule has 2 atom stereocenters. The van der Waals surface area contributed by atoms with Crippen molar-refractivity contribution < 1.29 is 0 Å². The quantitative estimate of drug-likeness (QED) is 0.727. The van der Waals surface area contributed by atoms with Crippen LogP contribution >= 0.6 is 0 Å². The van der Waals surface area contributed by atoms with Gasteiger partial charge in [-0.1, -0.05) is 31.2 Å². The Morgan fingerprint density at radius 3 is 2.38 bits per heavy atom. The molecule has 2 unspecified atom stereocenters. The van der Waals surface area contributed by atoms with Crippen molar-refractivity contribution in [3.63, 3.8) is 0 Å². The fraction of sp³-hybridized carbons (Fsp3) is 0.500. The fourth-order valence-corrected chi connectivity index (χ4v) is 1.88. The highest BCUT2D eigenvalue weighted by Crippen LogP contribution is 2.25. The van der Waals surface area contributed by atoms with E-state index in [9.17, 15) is 0 Å². The maximum atomic E-state index is 3.39. The standard InChI is InChI=1S/C12H17N/c1-3-10-4-6-11(7-5-10)12-8-13-9(12)2/h4-7,9,12-13H,3,8H2,1-2H3. The van der Waals surface area contributed by atoms with Crippen molar-refractivity contribution in [2.24, 2.45) is 0 Å². The number of benzene rings is 1. The van der Waals surface area contributed by atoms with Gasteiger partial charge in [0.05, 0.1) is 0 Å². The topological polar surface area (TPSA) is 12.0 Å². The molecule has 0 amide bonds. The lowest BCUT2D eigenvalue weighted by Crippen LogP contribution is -2.48. The van der Waals surface area contributed by atoms with E-state index >= 15 is 0 Å². The molecule has 0 saturated carbocycles. The lowest BCUT2D eigenvalue weighted by molar-refractivity contribution is 0.334. The van der Waals surface area contributed by atoms with Crippen molar-refractivity contribution in [2.45, 2.75) is 32.2 Å². The highest BCUT2D eigenvalue weighted by atomic mass is 15.0. The summed E-state index contributed by atoms with van der Waals surface area (Å²) in [6.45, 7) is 5.59. The highest BCUT2D eigenvalue weighted by Gasteiger charge is 2.26. The third-order valence-electron chi connectivity index (χ3n) is 3.08. The molecule has 0 radical (unpaired) electrons. The molecule has 1 heteroatoms. The van der Waals surface area contributed by atoms with E-state index in [1.54, 1.807) is 0 Å². The molecule has 13 heavy (non-hydrogen) atoms. The fourth-order valence-electron chi connectivity index (χ4n) is 1.88. The van der Waals surface area contributed by atoms with Gasteiger partial charge in [0.2, 0.25) is 0 Å². The van der Waals surface area contributed by atoms with Crippen LogP contribution in [0.2, 0.25) is 0 Å². The molecule has 70 valence electrons. The molecule has 1 aromatic rings. The molecule has 1 aliphatic heterocycles. The average molecular weight is 175 g/mol. The van der Waals surface area contributed by atoms with Crippen molar-refractivity contribution in [3.8, 4) is 0 Å². The Hall–Kier alpha value is -0.820. The van der Waals surface area contributed by atoms with E-state index in [2.05, 4.69) is 43.4 Å². The van der Waals surface area contributed by atoms with Gasteiger partial charge in [-0.2, -0.15) is 0 Å². The van der Waals surface area contributed by atoms with E-state index in [1.807, 2.05) is 0 Å². The second-order valence-corrected chi connectivity index (χ2v) is 3.90. The van der Waals surface area contributed by atoms with Crippen LogP contribution in [0.4, 0.5) is 0 Å². The second kappa shape index (κ2) is 3.51. The Balaban J connectivity index is 2.13. The summed E-state index contributed by atoms with van der Waals surface area (Å²) in [6.07, 6.45) is 1.14. The van der Waals surface area contributed by atoms with Crippen LogP contribution < -0.4 is 5.32 Å². The van der Waals surface area contributed by atoms with Gasteiger partial charge in [0.1, 0.15) is 0 Å². The molecule has 1 heterocycles. The molecule has 0 spiro atoms. The van der Waals surface area contributed by atoms with E-state index in [1.165, 1.54) is 11.1 Å². The third kappa shape index (κ3) is 1.61. The Kier molecular flexibility index (Phi) is 2.36. The molecule has 1 saturated heterocycles. The summed E-state index contributed by atoms with van der Waals surface area (Å²) < 4.78 is 0. The summed E-state index contributed by atoms with van der Waals surface area (Å²) in [4.78, 5) is 0. The Labute approximate surface area is 80.2 Å². The van der Waals surface area contributed by atoms with Crippen molar-refractivity contribution in [1.82, 2.24) is 5.32 Å². The lowest BCUT2D eigenvalue weighted by Gasteiger charge is -2.35. The van der Waals surface area contributed by atoms with E-state index < -0.39 is 0 Å². The van der Waals surface area contributed by atoms with Crippen molar-refractivity contribution in [1.29, 1.82) is 0 Å². The van der Waals surface area contributed by atoms with Gasteiger partial charge < -0.3 is 5.32 Å². The van der Waals surface area contributed by atoms with Crippen molar-refractivity contribution in [2.75, 3.05) is 6.54 Å². The Morgan fingerprint density at radius 2 is 2.00 bits per heavy atom. The number of rotatable bonds is 2. The predicted molar refractivity (Wildman–Crippen MR) is 56.0 cm³/mol. The van der Waals surface area contributed by atoms with Gasteiger partial charge in [0.25, 0.3) is 0 Å². The largest absolute Gasteiger partial charge is 0.313 e. The van der Waals surface area contributed by atoms with Gasteiger partial charge in [0, 0.05) is 18.5 Å². The van der Waals surface area contributed by atoms with E-state index in [-0.39, 0.29) is 0 Å². The Bertz CT molecular complexity index is 276. The van der Waals surface area contributed by atoms with Crippen LogP contribution in [0.1, 0.15) is 30.9 Å². The Morgan fingerprint density at radius 1 is 1.31 bits per heavy atom. The minimum absolute atomic E-state index is 0.660. The highest BCUT2D eigenvalue weighted by molar-refractivity contribution is 5.28. The summed E-state index contributed by atoms with van der Waals surface area (Å²) in [6, 6.07) is 9.72. The van der Waals surface area contributed by atoms with E-state index in [4.69, 9.17) is 0 Å². The van der Waals surface area contributed by atoms with Crippen molar-refractivity contribution >= 4 is 0 Å². The monoisotopic (exact) mass is 175 g/mol. The van der Waals surface area contributed by atoms with Crippen LogP contribution in [0, 0.1) is 0 Å². The van der Waals surface area contributed by atoms with Gasteiger partial charge >= 0.3 is 0 Å². The first kappa shape index (κ1) is 8.76. The number of aryl methyl sites for hydroxylation is 1. The van der Waals surface area contributed by atoms with Gasteiger partial charge in [-0.25, -0.2) is 0 Å². The summed E-state index contributed by atoms with van der Waals surface area (Å²) in [7, 11) is 0. The van der Waals surface area contributed by atoms with Crippen LogP contribution in [0.5, 0.6) is 0 Å². The van der Waals surface area contributed by atoms with Gasteiger partial charge in [-0.3, -0.25) is 0 Å². The van der Waals surface area contributed by atoms with E-state index in [0.29, 0.717) is 6.04 Å². The van der Waals surface area contributed by atoms with Crippen LogP contribution in [-0.4, -0.2) is 12.6 Å². The summed E-state index contributed by atoms with van der Waals surface area (Å²) in [5, 5.41) is 3.39. The molecule has 0 aromatic heterocycles. The molecule has 2 rings (SSSR count). The zero-order valence-electron chi connectivity index (χ0n) is 8.38. The summed E-state index contributed by atoms with van der Waals surface area (Å²) in [5.74, 6) is 0.742.